The summed E-state index contributed by atoms with van der Waals surface area (Å²) < 4.78 is 0. The minimum Gasteiger partial charge on any atom is -0.330 e. The molecule has 0 saturated carbocycles. The molecule has 1 atom stereocenters. The Kier molecular flexibility index (Phi) is 4.98. The molecule has 4 N–H and O–H groups in total. The summed E-state index contributed by atoms with van der Waals surface area (Å²) >= 11 is 0. The van der Waals surface area contributed by atoms with Crippen molar-refractivity contribution in [1.82, 2.24) is 10.2 Å². The van der Waals surface area contributed by atoms with Crippen molar-refractivity contribution in [3.63, 3.8) is 0 Å². The van der Waals surface area contributed by atoms with E-state index in [1.54, 1.807) is 6.20 Å². The van der Waals surface area contributed by atoms with Crippen LogP contribution >= 0.6 is 0 Å². The van der Waals surface area contributed by atoms with Gasteiger partial charge < -0.3 is 11.1 Å². The molecule has 5 nitrogen and oxygen atoms in total. The number of nitrogens with one attached hydrogen (secondary N) is 2. The monoisotopic (exact) mass is 224 g/mol. The Morgan fingerprint density at radius 2 is 2.38 bits per heavy atom. The number of aromatic amines is 1. The topological polar surface area (TPSA) is 83.8 Å². The lowest BCUT2D eigenvalue weighted by Gasteiger charge is -2.13. The smallest absolute Gasteiger partial charge is 0.229 e. The molecule has 5 heteroatoms. The van der Waals surface area contributed by atoms with Crippen LogP contribution in [0.3, 0.4) is 0 Å². The van der Waals surface area contributed by atoms with E-state index in [1.165, 1.54) is 0 Å². The van der Waals surface area contributed by atoms with Crippen LogP contribution in [0.1, 0.15) is 32.3 Å². The summed E-state index contributed by atoms with van der Waals surface area (Å²) in [5.41, 5.74) is 6.59. The highest BCUT2D eigenvalue weighted by atomic mass is 16.2. The van der Waals surface area contributed by atoms with Crippen LogP contribution in [0.2, 0.25) is 0 Å². The molecule has 16 heavy (non-hydrogen) atoms. The second kappa shape index (κ2) is 6.27. The molecule has 1 aromatic rings. The molecule has 1 heterocycles. The van der Waals surface area contributed by atoms with E-state index in [2.05, 4.69) is 15.5 Å². The van der Waals surface area contributed by atoms with Crippen molar-refractivity contribution in [3.05, 3.63) is 11.8 Å². The quantitative estimate of drug-likeness (QED) is 0.680. The number of rotatable bonds is 6. The number of anilines is 1. The molecule has 1 unspecified atom stereocenters. The molecule has 0 aliphatic carbocycles. The first-order valence-electron chi connectivity index (χ1n) is 5.76. The van der Waals surface area contributed by atoms with Gasteiger partial charge in [-0.3, -0.25) is 9.89 Å². The summed E-state index contributed by atoms with van der Waals surface area (Å²) in [6.45, 7) is 4.45. The molecule has 1 aromatic heterocycles. The predicted molar refractivity (Wildman–Crippen MR) is 64.0 cm³/mol. The van der Waals surface area contributed by atoms with E-state index in [0.717, 1.165) is 24.8 Å². The van der Waals surface area contributed by atoms with E-state index >= 15 is 0 Å². The Hall–Kier alpha value is -1.36. The molecule has 0 aliphatic heterocycles. The van der Waals surface area contributed by atoms with Gasteiger partial charge in [-0.2, -0.15) is 5.10 Å². The number of nitrogens with two attached hydrogens (primary N) is 1. The van der Waals surface area contributed by atoms with Gasteiger partial charge >= 0.3 is 0 Å². The van der Waals surface area contributed by atoms with Crippen LogP contribution in [-0.4, -0.2) is 22.6 Å². The van der Waals surface area contributed by atoms with Gasteiger partial charge in [0.05, 0.1) is 12.1 Å². The lowest BCUT2D eigenvalue weighted by atomic mass is 10.0. The Bertz CT molecular complexity index is 334. The third-order valence-corrected chi connectivity index (χ3v) is 2.64. The van der Waals surface area contributed by atoms with Crippen LogP contribution in [0.4, 0.5) is 5.82 Å². The van der Waals surface area contributed by atoms with Gasteiger partial charge in [0.2, 0.25) is 5.91 Å². The minimum atomic E-state index is -0.113. The van der Waals surface area contributed by atoms with Crippen LogP contribution in [-0.2, 0) is 11.2 Å². The highest BCUT2D eigenvalue weighted by Gasteiger charge is 2.17. The van der Waals surface area contributed by atoms with E-state index in [-0.39, 0.29) is 11.8 Å². The number of amides is 1. The predicted octanol–water partition coefficient (Wildman–Crippen LogP) is 1.29. The van der Waals surface area contributed by atoms with Crippen molar-refractivity contribution in [1.29, 1.82) is 0 Å². The first-order valence-corrected chi connectivity index (χ1v) is 5.76. The van der Waals surface area contributed by atoms with Gasteiger partial charge in [-0.25, -0.2) is 0 Å². The first-order chi connectivity index (χ1) is 7.72. The van der Waals surface area contributed by atoms with Crippen molar-refractivity contribution in [2.45, 2.75) is 33.1 Å². The van der Waals surface area contributed by atoms with Crippen LogP contribution in [0.15, 0.2) is 6.20 Å². The first kappa shape index (κ1) is 12.7. The Morgan fingerprint density at radius 1 is 1.62 bits per heavy atom. The third kappa shape index (κ3) is 3.06. The molecular formula is C11H20N4O. The normalized spacial score (nSPS) is 12.4. The number of aromatic nitrogens is 2. The number of carbonyl (C=O) groups excluding carboxylic acids is 1. The second-order valence-corrected chi connectivity index (χ2v) is 3.83. The highest BCUT2D eigenvalue weighted by Crippen LogP contribution is 2.14. The standard InChI is InChI=1S/C11H20N4O/c1-3-5-9(6-12)11(16)14-10-8(4-2)7-13-15-10/h7,9H,3-6,12H2,1-2H3,(H2,13,14,15,16). The molecule has 0 saturated heterocycles. The molecule has 1 rings (SSSR count). The maximum Gasteiger partial charge on any atom is 0.229 e. The summed E-state index contributed by atoms with van der Waals surface area (Å²) in [6.07, 6.45) is 4.34. The third-order valence-electron chi connectivity index (χ3n) is 2.64. The van der Waals surface area contributed by atoms with Gasteiger partial charge in [0.1, 0.15) is 5.82 Å². The van der Waals surface area contributed by atoms with Gasteiger partial charge in [-0.15, -0.1) is 0 Å². The maximum absolute atomic E-state index is 11.9. The van der Waals surface area contributed by atoms with Gasteiger partial charge in [-0.05, 0) is 12.8 Å². The van der Waals surface area contributed by atoms with Crippen molar-refractivity contribution < 1.29 is 4.79 Å². The van der Waals surface area contributed by atoms with E-state index in [9.17, 15) is 4.79 Å². The fraction of sp³-hybridized carbons (Fsp3) is 0.636. The number of aryl methyl sites for hydroxylation is 1. The molecule has 0 spiro atoms. The van der Waals surface area contributed by atoms with Crippen molar-refractivity contribution in [2.75, 3.05) is 11.9 Å². The van der Waals surface area contributed by atoms with Gasteiger partial charge in [-0.1, -0.05) is 20.3 Å². The largest absolute Gasteiger partial charge is 0.330 e. The Balaban J connectivity index is 2.62. The lowest BCUT2D eigenvalue weighted by molar-refractivity contribution is -0.119. The van der Waals surface area contributed by atoms with Crippen molar-refractivity contribution >= 4 is 11.7 Å². The van der Waals surface area contributed by atoms with E-state index in [4.69, 9.17) is 5.73 Å². The summed E-state index contributed by atoms with van der Waals surface area (Å²) in [5.74, 6) is 0.559. The zero-order valence-electron chi connectivity index (χ0n) is 9.92. The van der Waals surface area contributed by atoms with Crippen LogP contribution < -0.4 is 11.1 Å². The van der Waals surface area contributed by atoms with Gasteiger partial charge in [0.15, 0.2) is 0 Å². The molecule has 0 aliphatic rings. The van der Waals surface area contributed by atoms with Crippen LogP contribution in [0.25, 0.3) is 0 Å². The minimum absolute atomic E-state index is 0.0247. The molecule has 90 valence electrons. The summed E-state index contributed by atoms with van der Waals surface area (Å²) in [7, 11) is 0. The highest BCUT2D eigenvalue weighted by molar-refractivity contribution is 5.92. The number of carbonyl (C=O) groups is 1. The average molecular weight is 224 g/mol. The molecule has 0 radical (unpaired) electrons. The van der Waals surface area contributed by atoms with E-state index < -0.39 is 0 Å². The van der Waals surface area contributed by atoms with Crippen LogP contribution in [0.5, 0.6) is 0 Å². The molecular weight excluding hydrogens is 204 g/mol. The van der Waals surface area contributed by atoms with Gasteiger partial charge in [0, 0.05) is 12.1 Å². The maximum atomic E-state index is 11.9. The van der Waals surface area contributed by atoms with Gasteiger partial charge in [0.25, 0.3) is 0 Å². The second-order valence-electron chi connectivity index (χ2n) is 3.83. The molecule has 0 aromatic carbocycles. The zero-order chi connectivity index (χ0) is 12.0. The van der Waals surface area contributed by atoms with E-state index in [0.29, 0.717) is 12.4 Å². The fourth-order valence-corrected chi connectivity index (χ4v) is 1.62. The van der Waals surface area contributed by atoms with Crippen LogP contribution in [0, 0.1) is 5.92 Å². The molecule has 1 amide bonds. The number of hydrogen-bond acceptors (Lipinski definition) is 3. The average Bonchev–Trinajstić information content (AvgIpc) is 2.72. The number of H-pyrrole nitrogens is 1. The summed E-state index contributed by atoms with van der Waals surface area (Å²) in [6, 6.07) is 0. The summed E-state index contributed by atoms with van der Waals surface area (Å²) in [5, 5.41) is 9.53. The Labute approximate surface area is 95.8 Å². The van der Waals surface area contributed by atoms with Crippen molar-refractivity contribution in [3.8, 4) is 0 Å². The lowest BCUT2D eigenvalue weighted by Crippen LogP contribution is -2.29. The van der Waals surface area contributed by atoms with Crippen molar-refractivity contribution in [2.24, 2.45) is 11.7 Å². The number of nitrogens with zero attached hydrogens (tertiary/aromatic N) is 1. The SMILES string of the molecule is CCCC(CN)C(=O)Nc1[nH]ncc1CC. The number of hydrogen-bond donors (Lipinski definition) is 3. The fourth-order valence-electron chi connectivity index (χ4n) is 1.62. The van der Waals surface area contributed by atoms with E-state index in [1.807, 2.05) is 13.8 Å². The molecule has 0 fully saturated rings. The zero-order valence-corrected chi connectivity index (χ0v) is 9.92. The Morgan fingerprint density at radius 3 is 2.94 bits per heavy atom. The molecule has 0 bridgehead atoms. The summed E-state index contributed by atoms with van der Waals surface area (Å²) in [4.78, 5) is 11.9.